The van der Waals surface area contributed by atoms with Gasteiger partial charge in [-0.15, -0.1) is 0 Å². The molecule has 0 bridgehead atoms. The summed E-state index contributed by atoms with van der Waals surface area (Å²) in [6.45, 7) is 6.31. The topological polar surface area (TPSA) is 94.5 Å². The van der Waals surface area contributed by atoms with E-state index in [9.17, 15) is 9.59 Å². The molecule has 4 rings (SSSR count). The number of hydrogen-bond donors (Lipinski definition) is 2. The molecule has 1 heterocycles. The lowest BCUT2D eigenvalue weighted by atomic mass is 10.0. The molecule has 2 saturated carbocycles. The largest absolute Gasteiger partial charge is 0.446 e. The zero-order valence-corrected chi connectivity index (χ0v) is 19.0. The molecule has 0 unspecified atom stereocenters. The molecule has 2 amide bonds. The van der Waals surface area contributed by atoms with Crippen LogP contribution in [0.4, 0.5) is 15.4 Å². The average Bonchev–Trinajstić information content (AvgIpc) is 3.25. The van der Waals surface area contributed by atoms with Crippen LogP contribution in [-0.4, -0.2) is 34.1 Å². The predicted octanol–water partition coefficient (Wildman–Crippen LogP) is 4.91. The lowest BCUT2D eigenvalue weighted by Gasteiger charge is -2.22. The van der Waals surface area contributed by atoms with Crippen molar-refractivity contribution in [2.75, 3.05) is 5.32 Å². The first kappa shape index (κ1) is 22.2. The summed E-state index contributed by atoms with van der Waals surface area (Å²) in [5.74, 6) is 0.777. The Morgan fingerprint density at radius 2 is 1.84 bits per heavy atom. The summed E-state index contributed by atoms with van der Waals surface area (Å²) >= 11 is 0. The van der Waals surface area contributed by atoms with Crippen LogP contribution in [0.2, 0.25) is 0 Å². The second-order valence-electron chi connectivity index (χ2n) is 9.68. The number of nitrogens with zero attached hydrogens (tertiary/aromatic N) is 2. The van der Waals surface area contributed by atoms with Gasteiger partial charge >= 0.3 is 12.2 Å². The maximum atomic E-state index is 12.4. The van der Waals surface area contributed by atoms with E-state index in [1.54, 1.807) is 0 Å². The van der Waals surface area contributed by atoms with Gasteiger partial charge in [0.2, 0.25) is 0 Å². The number of alkyl carbamates (subject to hydrolysis) is 1. The van der Waals surface area contributed by atoms with E-state index in [0.717, 1.165) is 43.4 Å². The van der Waals surface area contributed by atoms with Gasteiger partial charge < -0.3 is 14.8 Å². The number of nitrogens with one attached hydrogen (secondary N) is 2. The van der Waals surface area contributed by atoms with Gasteiger partial charge in [-0.2, -0.15) is 5.10 Å². The maximum absolute atomic E-state index is 12.4. The molecule has 0 saturated heterocycles. The van der Waals surface area contributed by atoms with E-state index in [2.05, 4.69) is 10.6 Å². The lowest BCUT2D eigenvalue weighted by Crippen LogP contribution is -2.29. The Hall–Kier alpha value is -3.03. The van der Waals surface area contributed by atoms with Crippen LogP contribution in [0.1, 0.15) is 70.1 Å². The van der Waals surface area contributed by atoms with Crippen molar-refractivity contribution in [1.29, 1.82) is 0 Å². The van der Waals surface area contributed by atoms with Crippen molar-refractivity contribution in [3.8, 4) is 0 Å². The molecule has 1 aromatic carbocycles. The number of benzene rings is 1. The number of aromatic nitrogens is 2. The predicted molar refractivity (Wildman–Crippen MR) is 120 cm³/mol. The van der Waals surface area contributed by atoms with E-state index in [1.165, 1.54) is 0 Å². The fourth-order valence-corrected chi connectivity index (χ4v) is 3.96. The highest BCUT2D eigenvalue weighted by Gasteiger charge is 2.33. The second-order valence-corrected chi connectivity index (χ2v) is 9.68. The van der Waals surface area contributed by atoms with Gasteiger partial charge in [-0.3, -0.25) is 5.32 Å². The number of rotatable bonds is 6. The van der Waals surface area contributed by atoms with E-state index in [-0.39, 0.29) is 36.3 Å². The maximum Gasteiger partial charge on any atom is 0.413 e. The van der Waals surface area contributed by atoms with Crippen LogP contribution in [-0.2, 0) is 21.6 Å². The monoisotopic (exact) mass is 440 g/mol. The van der Waals surface area contributed by atoms with Crippen LogP contribution in [0.25, 0.3) is 0 Å². The molecular weight excluding hydrogens is 408 g/mol. The first-order valence-corrected chi connectivity index (χ1v) is 11.3. The third-order valence-corrected chi connectivity index (χ3v) is 5.78. The molecule has 2 atom stereocenters. The van der Waals surface area contributed by atoms with Crippen molar-refractivity contribution >= 4 is 18.0 Å². The van der Waals surface area contributed by atoms with Gasteiger partial charge in [0.25, 0.3) is 0 Å². The zero-order chi connectivity index (χ0) is 22.7. The summed E-state index contributed by atoms with van der Waals surface area (Å²) in [7, 11) is 0. The number of anilines is 1. The Kier molecular flexibility index (Phi) is 6.39. The molecule has 2 aliphatic rings. The van der Waals surface area contributed by atoms with E-state index in [0.29, 0.717) is 5.82 Å². The Bertz CT molecular complexity index is 947. The first-order chi connectivity index (χ1) is 15.3. The molecule has 0 aliphatic heterocycles. The lowest BCUT2D eigenvalue weighted by molar-refractivity contribution is 0.0996. The second kappa shape index (κ2) is 9.22. The molecule has 2 N–H and O–H groups in total. The first-order valence-electron chi connectivity index (χ1n) is 11.3. The van der Waals surface area contributed by atoms with Gasteiger partial charge in [0.1, 0.15) is 18.5 Å². The Labute approximate surface area is 188 Å². The standard InChI is InChI=1S/C24H32N4O4/c1-24(2,3)28-21(26-22(29)31-15-16-7-5-4-6-8-16)14-20(27-28)17-9-12-19(13-17)32-23(30)25-18-10-11-18/h4-8,14,17-19H,9-13,15H2,1-3H3,(H,25,30)(H,26,29)/t17-,19+/m0/s1. The van der Waals surface area contributed by atoms with E-state index in [1.807, 2.05) is 61.9 Å². The minimum Gasteiger partial charge on any atom is -0.446 e. The van der Waals surface area contributed by atoms with Gasteiger partial charge in [0.15, 0.2) is 0 Å². The summed E-state index contributed by atoms with van der Waals surface area (Å²) in [4.78, 5) is 24.4. The highest BCUT2D eigenvalue weighted by molar-refractivity contribution is 5.83. The Balaban J connectivity index is 1.38. The SMILES string of the molecule is CC(C)(C)n1nc([C@H]2CC[C@@H](OC(=O)NC3CC3)C2)cc1NC(=O)OCc1ccccc1. The molecular formula is C24H32N4O4. The van der Waals surface area contributed by atoms with Crippen molar-refractivity contribution in [2.45, 2.75) is 83.1 Å². The molecule has 2 fully saturated rings. The average molecular weight is 441 g/mol. The zero-order valence-electron chi connectivity index (χ0n) is 19.0. The molecule has 0 spiro atoms. The fraction of sp³-hybridized carbons (Fsp3) is 0.542. The van der Waals surface area contributed by atoms with Crippen molar-refractivity contribution in [3.05, 3.63) is 47.7 Å². The Morgan fingerprint density at radius 1 is 1.09 bits per heavy atom. The third-order valence-electron chi connectivity index (χ3n) is 5.78. The third kappa shape index (κ3) is 5.81. The fourth-order valence-electron chi connectivity index (χ4n) is 3.96. The van der Waals surface area contributed by atoms with Crippen LogP contribution in [0.3, 0.4) is 0 Å². The van der Waals surface area contributed by atoms with Crippen LogP contribution in [0.5, 0.6) is 0 Å². The molecule has 0 radical (unpaired) electrons. The quantitative estimate of drug-likeness (QED) is 0.665. The Morgan fingerprint density at radius 3 is 2.53 bits per heavy atom. The summed E-state index contributed by atoms with van der Waals surface area (Å²) in [5.41, 5.74) is 1.50. The summed E-state index contributed by atoms with van der Waals surface area (Å²) in [5, 5.41) is 10.5. The van der Waals surface area contributed by atoms with Crippen LogP contribution in [0, 0.1) is 0 Å². The van der Waals surface area contributed by atoms with Crippen molar-refractivity contribution in [2.24, 2.45) is 0 Å². The van der Waals surface area contributed by atoms with Gasteiger partial charge in [-0.25, -0.2) is 14.3 Å². The van der Waals surface area contributed by atoms with Crippen LogP contribution in [0.15, 0.2) is 36.4 Å². The normalized spacial score (nSPS) is 20.6. The highest BCUT2D eigenvalue weighted by Crippen LogP contribution is 2.37. The number of carbonyl (C=O) groups excluding carboxylic acids is 2. The van der Waals surface area contributed by atoms with E-state index in [4.69, 9.17) is 14.6 Å². The van der Waals surface area contributed by atoms with Gasteiger partial charge in [-0.1, -0.05) is 30.3 Å². The number of hydrogen-bond acceptors (Lipinski definition) is 5. The summed E-state index contributed by atoms with van der Waals surface area (Å²) in [6, 6.07) is 11.8. The van der Waals surface area contributed by atoms with Crippen molar-refractivity contribution < 1.29 is 19.1 Å². The van der Waals surface area contributed by atoms with Gasteiger partial charge in [0.05, 0.1) is 11.2 Å². The minimum atomic E-state index is -0.518. The summed E-state index contributed by atoms with van der Waals surface area (Å²) < 4.78 is 12.8. The summed E-state index contributed by atoms with van der Waals surface area (Å²) in [6.07, 6.45) is 3.57. The molecule has 172 valence electrons. The molecule has 2 aliphatic carbocycles. The molecule has 2 aromatic rings. The van der Waals surface area contributed by atoms with Gasteiger partial charge in [-0.05, 0) is 58.4 Å². The number of amides is 2. The molecule has 8 heteroatoms. The van der Waals surface area contributed by atoms with Crippen molar-refractivity contribution in [1.82, 2.24) is 15.1 Å². The smallest absolute Gasteiger partial charge is 0.413 e. The van der Waals surface area contributed by atoms with Crippen LogP contribution >= 0.6 is 0 Å². The minimum absolute atomic E-state index is 0.106. The van der Waals surface area contributed by atoms with E-state index < -0.39 is 6.09 Å². The van der Waals surface area contributed by atoms with Crippen LogP contribution < -0.4 is 10.6 Å². The van der Waals surface area contributed by atoms with Crippen molar-refractivity contribution in [3.63, 3.8) is 0 Å². The number of ether oxygens (including phenoxy) is 2. The molecule has 1 aromatic heterocycles. The molecule has 32 heavy (non-hydrogen) atoms. The number of carbonyl (C=O) groups is 2. The highest BCUT2D eigenvalue weighted by atomic mass is 16.6. The molecule has 8 nitrogen and oxygen atoms in total. The van der Waals surface area contributed by atoms with Gasteiger partial charge in [0, 0.05) is 18.0 Å². The van der Waals surface area contributed by atoms with E-state index >= 15 is 0 Å².